The van der Waals surface area contributed by atoms with Gasteiger partial charge in [-0.15, -0.1) is 0 Å². The molecular formula is C70H106O14. The molecule has 0 bridgehead atoms. The molecule has 0 spiro atoms. The summed E-state index contributed by atoms with van der Waals surface area (Å²) in [5.41, 5.74) is 2.07. The summed E-state index contributed by atoms with van der Waals surface area (Å²) in [6.45, 7) is 42.1. The molecule has 0 N–H and O–H groups in total. The average Bonchev–Trinajstić information content (AvgIpc) is 3.71. The van der Waals surface area contributed by atoms with Crippen LogP contribution in [0.1, 0.15) is 195 Å². The first-order valence-corrected chi connectivity index (χ1v) is 31.5. The molecule has 470 valence electrons. The fraction of sp³-hybridized carbons (Fsp3) is 0.657. The van der Waals surface area contributed by atoms with E-state index in [0.29, 0.717) is 101 Å². The Kier molecular flexibility index (Phi) is 34.8. The van der Waals surface area contributed by atoms with Crippen LogP contribution >= 0.6 is 0 Å². The van der Waals surface area contributed by atoms with Crippen LogP contribution in [0.25, 0.3) is 0 Å². The molecule has 0 heterocycles. The van der Waals surface area contributed by atoms with Gasteiger partial charge in [-0.1, -0.05) is 73.1 Å². The summed E-state index contributed by atoms with van der Waals surface area (Å²) in [5, 5.41) is 0. The van der Waals surface area contributed by atoms with Crippen LogP contribution in [0.5, 0.6) is 0 Å². The second-order valence-electron chi connectivity index (χ2n) is 24.2. The van der Waals surface area contributed by atoms with Gasteiger partial charge in [0.15, 0.2) is 0 Å². The highest BCUT2D eigenvalue weighted by molar-refractivity contribution is 5.88. The Morgan fingerprint density at radius 2 is 0.619 bits per heavy atom. The van der Waals surface area contributed by atoms with Crippen molar-refractivity contribution >= 4 is 35.8 Å². The minimum atomic E-state index is -0.364. The maximum atomic E-state index is 11.8. The lowest BCUT2D eigenvalue weighted by atomic mass is 9.72. The van der Waals surface area contributed by atoms with Crippen LogP contribution in [0.4, 0.5) is 0 Å². The highest BCUT2D eigenvalue weighted by atomic mass is 16.6. The number of hydrogen-bond acceptors (Lipinski definition) is 14. The predicted octanol–water partition coefficient (Wildman–Crippen LogP) is 15.4. The van der Waals surface area contributed by atoms with Crippen LogP contribution in [0, 0.1) is 47.3 Å². The molecule has 0 unspecified atom stereocenters. The molecule has 14 nitrogen and oxygen atoms in total. The van der Waals surface area contributed by atoms with Crippen LogP contribution in [-0.2, 0) is 66.7 Å². The Balaban J connectivity index is 0.000000299. The van der Waals surface area contributed by atoms with Gasteiger partial charge >= 0.3 is 35.8 Å². The maximum Gasteiger partial charge on any atom is 0.333 e. The molecule has 6 aliphatic rings. The van der Waals surface area contributed by atoms with Crippen molar-refractivity contribution in [2.75, 3.05) is 26.4 Å². The SMILES string of the molecule is C=C(C)C(=O)OC1CCC(C2CCC(OC(=O)C(=C)C)CC2)CC1.C=C(CC)C(=O)OC1CCC(C2CCC(OC(=O)C(=C)CC)CC2)CC1.C=CC(=O)OCC1CCC(COC(=O)C=C)CC1.C=COCC1CCC(COC(=C)C=C)CC1. The van der Waals surface area contributed by atoms with Gasteiger partial charge in [0, 0.05) is 34.4 Å². The van der Waals surface area contributed by atoms with E-state index in [-0.39, 0.29) is 60.2 Å². The summed E-state index contributed by atoms with van der Waals surface area (Å²) in [6.07, 6.45) is 32.6. The van der Waals surface area contributed by atoms with E-state index in [0.717, 1.165) is 142 Å². The molecule has 0 radical (unpaired) electrons. The van der Waals surface area contributed by atoms with E-state index in [1.165, 1.54) is 44.1 Å². The minimum Gasteiger partial charge on any atom is -0.502 e. The zero-order valence-corrected chi connectivity index (χ0v) is 52.0. The van der Waals surface area contributed by atoms with E-state index in [1.54, 1.807) is 19.9 Å². The second-order valence-corrected chi connectivity index (χ2v) is 24.2. The van der Waals surface area contributed by atoms with Crippen LogP contribution < -0.4 is 0 Å². The average molecular weight is 1170 g/mol. The van der Waals surface area contributed by atoms with Gasteiger partial charge in [-0.25, -0.2) is 28.8 Å². The Labute approximate surface area is 505 Å². The first-order chi connectivity index (χ1) is 40.2. The van der Waals surface area contributed by atoms with Crippen molar-refractivity contribution in [1.29, 1.82) is 0 Å². The molecule has 0 aliphatic heterocycles. The van der Waals surface area contributed by atoms with Gasteiger partial charge in [-0.2, -0.15) is 0 Å². The van der Waals surface area contributed by atoms with Gasteiger partial charge in [0.05, 0.1) is 32.7 Å². The highest BCUT2D eigenvalue weighted by Crippen LogP contribution is 2.42. The zero-order valence-electron chi connectivity index (χ0n) is 52.0. The first-order valence-electron chi connectivity index (χ1n) is 31.5. The summed E-state index contributed by atoms with van der Waals surface area (Å²) in [6, 6.07) is 0. The maximum absolute atomic E-state index is 11.8. The van der Waals surface area contributed by atoms with Gasteiger partial charge in [0.1, 0.15) is 30.2 Å². The number of hydrogen-bond donors (Lipinski definition) is 0. The van der Waals surface area contributed by atoms with E-state index < -0.39 is 0 Å². The van der Waals surface area contributed by atoms with Crippen molar-refractivity contribution in [3.05, 3.63) is 112 Å². The van der Waals surface area contributed by atoms with Crippen molar-refractivity contribution in [2.45, 2.75) is 219 Å². The normalized spacial score (nSPS) is 27.1. The summed E-state index contributed by atoms with van der Waals surface area (Å²) in [4.78, 5) is 68.7. The summed E-state index contributed by atoms with van der Waals surface area (Å²) in [5.74, 6) is 3.99. The number of carbonyl (C=O) groups excluding carboxylic acids is 6. The van der Waals surface area contributed by atoms with Gasteiger partial charge in [-0.3, -0.25) is 0 Å². The number of carbonyl (C=O) groups is 6. The Morgan fingerprint density at radius 1 is 0.357 bits per heavy atom. The van der Waals surface area contributed by atoms with Gasteiger partial charge in [0.25, 0.3) is 0 Å². The number of esters is 6. The summed E-state index contributed by atoms with van der Waals surface area (Å²) in [7, 11) is 0. The van der Waals surface area contributed by atoms with Crippen molar-refractivity contribution in [1.82, 2.24) is 0 Å². The van der Waals surface area contributed by atoms with Crippen molar-refractivity contribution in [3.8, 4) is 0 Å². The lowest BCUT2D eigenvalue weighted by Crippen LogP contribution is -2.32. The van der Waals surface area contributed by atoms with Crippen LogP contribution in [0.15, 0.2) is 112 Å². The predicted molar refractivity (Wildman–Crippen MR) is 330 cm³/mol. The molecule has 6 fully saturated rings. The number of allylic oxidation sites excluding steroid dienone is 1. The molecule has 0 aromatic carbocycles. The fourth-order valence-electron chi connectivity index (χ4n) is 12.1. The monoisotopic (exact) mass is 1170 g/mol. The Hall–Kier alpha value is -5.92. The third kappa shape index (κ3) is 28.3. The molecule has 6 rings (SSSR count). The van der Waals surface area contributed by atoms with E-state index in [4.69, 9.17) is 37.9 Å². The van der Waals surface area contributed by atoms with E-state index in [2.05, 4.69) is 59.2 Å². The van der Waals surface area contributed by atoms with E-state index in [9.17, 15) is 28.8 Å². The third-order valence-corrected chi connectivity index (χ3v) is 17.8. The molecule has 0 amide bonds. The lowest BCUT2D eigenvalue weighted by Gasteiger charge is -2.37. The zero-order chi connectivity index (χ0) is 62.0. The van der Waals surface area contributed by atoms with Crippen LogP contribution in [-0.4, -0.2) is 86.7 Å². The number of rotatable bonds is 25. The molecule has 6 saturated carbocycles. The molecular weight excluding hydrogens is 1060 g/mol. The Morgan fingerprint density at radius 3 is 0.857 bits per heavy atom. The molecule has 0 saturated heterocycles. The van der Waals surface area contributed by atoms with E-state index >= 15 is 0 Å². The van der Waals surface area contributed by atoms with Gasteiger partial charge in [0.2, 0.25) is 0 Å². The quantitative estimate of drug-likeness (QED) is 0.0277. The van der Waals surface area contributed by atoms with Crippen molar-refractivity contribution in [3.63, 3.8) is 0 Å². The van der Waals surface area contributed by atoms with Crippen molar-refractivity contribution < 1.29 is 66.7 Å². The molecule has 0 aromatic rings. The molecule has 0 atom stereocenters. The van der Waals surface area contributed by atoms with Crippen LogP contribution in [0.3, 0.4) is 0 Å². The third-order valence-electron chi connectivity index (χ3n) is 17.8. The van der Waals surface area contributed by atoms with Crippen molar-refractivity contribution in [2.24, 2.45) is 47.3 Å². The smallest absolute Gasteiger partial charge is 0.333 e. The number of ether oxygens (including phenoxy) is 8. The fourth-order valence-corrected chi connectivity index (χ4v) is 12.1. The van der Waals surface area contributed by atoms with Gasteiger partial charge < -0.3 is 37.9 Å². The Bertz CT molecular complexity index is 2030. The standard InChI is InChI=1S/C22H34O4.C20H30O4.C14H20O4.C14H22O2/c1-5-15(3)21(23)25-19-11-7-17(8-12-19)18-9-13-20(14-10-18)26-22(24)16(4)6-2;1-13(2)19(21)23-17-9-5-15(6-10-17)16-7-11-18(12-8-16)24-20(22)14(3)4;1-3-13(15)17-9-11-5-7-12(8-6-11)10-18-14(16)4-2;1-4-12(3)16-11-14-8-6-13(7-9-14)10-15-5-2/h17-20H,3-14H2,1-2H3;15-18H,1,3,5-12H2,2,4H3;3-4,11-12H,1-2,5-10H2;4-5,13-14H,1-3,6-11H2. The molecule has 0 aromatic heterocycles. The summed E-state index contributed by atoms with van der Waals surface area (Å²) >= 11 is 0. The first kappa shape index (κ1) is 72.3. The van der Waals surface area contributed by atoms with E-state index in [1.807, 2.05) is 13.8 Å². The van der Waals surface area contributed by atoms with Crippen LogP contribution in [0.2, 0.25) is 0 Å². The second kappa shape index (κ2) is 40.4. The summed E-state index contributed by atoms with van der Waals surface area (Å²) < 4.78 is 42.8. The largest absolute Gasteiger partial charge is 0.502 e. The molecule has 14 heteroatoms. The lowest BCUT2D eigenvalue weighted by molar-refractivity contribution is -0.148. The van der Waals surface area contributed by atoms with Gasteiger partial charge in [-0.05, 0) is 234 Å². The molecule has 84 heavy (non-hydrogen) atoms. The molecule has 6 aliphatic carbocycles. The topological polar surface area (TPSA) is 176 Å². The highest BCUT2D eigenvalue weighted by Gasteiger charge is 2.35. The minimum absolute atomic E-state index is 0.0540.